The third-order valence-corrected chi connectivity index (χ3v) is 2.05. The van der Waals surface area contributed by atoms with Crippen LogP contribution in [0.5, 0.6) is 0 Å². The van der Waals surface area contributed by atoms with Crippen LogP contribution in [0, 0.1) is 0 Å². The summed E-state index contributed by atoms with van der Waals surface area (Å²) in [6, 6.07) is 0.314. The summed E-state index contributed by atoms with van der Waals surface area (Å²) in [5.41, 5.74) is 0.734. The summed E-state index contributed by atoms with van der Waals surface area (Å²) < 4.78 is 1.80. The third kappa shape index (κ3) is 2.84. The van der Waals surface area contributed by atoms with E-state index >= 15 is 0 Å². The Bertz CT molecular complexity index is 295. The lowest BCUT2D eigenvalue weighted by Gasteiger charge is -2.03. The number of amides is 1. The van der Waals surface area contributed by atoms with Gasteiger partial charge in [0.05, 0.1) is 17.2 Å². The average Bonchev–Trinajstić information content (AvgIpc) is 2.52. The average molecular weight is 246 g/mol. The number of carbonyl (C=O) groups excluding carboxylic acids is 1. The van der Waals surface area contributed by atoms with E-state index in [0.717, 1.165) is 5.69 Å². The van der Waals surface area contributed by atoms with Crippen LogP contribution in [0.15, 0.2) is 12.4 Å². The van der Waals surface area contributed by atoms with Gasteiger partial charge in [-0.05, 0) is 13.8 Å². The van der Waals surface area contributed by atoms with Crippen molar-refractivity contribution in [2.45, 2.75) is 19.9 Å². The standard InChI is InChI=1S/C8H12BrN3O/c1-6(2)12-5-7(4-10-12)11-8(13)3-9/h4-6H,3H2,1-2H3,(H,11,13). The van der Waals surface area contributed by atoms with Gasteiger partial charge in [0.25, 0.3) is 0 Å². The summed E-state index contributed by atoms with van der Waals surface area (Å²) in [7, 11) is 0. The Hall–Kier alpha value is -0.840. The maximum absolute atomic E-state index is 11.0. The van der Waals surface area contributed by atoms with Crippen molar-refractivity contribution in [3.8, 4) is 0 Å². The Balaban J connectivity index is 2.64. The Kier molecular flexibility index (Phi) is 3.48. The number of carbonyl (C=O) groups is 1. The smallest absolute Gasteiger partial charge is 0.235 e. The van der Waals surface area contributed by atoms with E-state index in [4.69, 9.17) is 0 Å². The van der Waals surface area contributed by atoms with Crippen molar-refractivity contribution in [3.63, 3.8) is 0 Å². The fraction of sp³-hybridized carbons (Fsp3) is 0.500. The summed E-state index contributed by atoms with van der Waals surface area (Å²) >= 11 is 3.07. The molecule has 0 radical (unpaired) electrons. The van der Waals surface area contributed by atoms with Gasteiger partial charge in [0.1, 0.15) is 0 Å². The predicted octanol–water partition coefficient (Wildman–Crippen LogP) is 1.80. The van der Waals surface area contributed by atoms with Crippen LogP contribution in [0.4, 0.5) is 5.69 Å². The first kappa shape index (κ1) is 10.2. The number of alkyl halides is 1. The monoisotopic (exact) mass is 245 g/mol. The number of aromatic nitrogens is 2. The molecule has 1 amide bonds. The van der Waals surface area contributed by atoms with E-state index in [1.807, 2.05) is 20.0 Å². The van der Waals surface area contributed by atoms with Crippen LogP contribution >= 0.6 is 15.9 Å². The van der Waals surface area contributed by atoms with Crippen molar-refractivity contribution in [2.75, 3.05) is 10.6 Å². The van der Waals surface area contributed by atoms with Gasteiger partial charge in [-0.25, -0.2) is 0 Å². The maximum Gasteiger partial charge on any atom is 0.235 e. The van der Waals surface area contributed by atoms with Crippen LogP contribution in [-0.2, 0) is 4.79 Å². The number of hydrogen-bond donors (Lipinski definition) is 1. The van der Waals surface area contributed by atoms with Crippen molar-refractivity contribution >= 4 is 27.5 Å². The molecule has 0 bridgehead atoms. The molecule has 1 N–H and O–H groups in total. The van der Waals surface area contributed by atoms with Gasteiger partial charge in [-0.3, -0.25) is 9.48 Å². The molecule has 13 heavy (non-hydrogen) atoms. The highest BCUT2D eigenvalue weighted by Gasteiger charge is 2.03. The maximum atomic E-state index is 11.0. The van der Waals surface area contributed by atoms with Crippen LogP contribution in [0.2, 0.25) is 0 Å². The lowest BCUT2D eigenvalue weighted by molar-refractivity contribution is -0.113. The molecule has 4 nitrogen and oxygen atoms in total. The first-order chi connectivity index (χ1) is 6.13. The van der Waals surface area contributed by atoms with Crippen LogP contribution < -0.4 is 5.32 Å². The molecule has 0 aliphatic carbocycles. The summed E-state index contributed by atoms with van der Waals surface area (Å²) in [5.74, 6) is -0.0664. The van der Waals surface area contributed by atoms with Crippen LogP contribution in [0.25, 0.3) is 0 Å². The van der Waals surface area contributed by atoms with Gasteiger partial charge >= 0.3 is 0 Å². The van der Waals surface area contributed by atoms with Crippen molar-refractivity contribution in [1.82, 2.24) is 9.78 Å². The lowest BCUT2D eigenvalue weighted by atomic mass is 10.4. The molecular formula is C8H12BrN3O. The van der Waals surface area contributed by atoms with E-state index < -0.39 is 0 Å². The van der Waals surface area contributed by atoms with Gasteiger partial charge in [0, 0.05) is 12.2 Å². The Morgan fingerprint density at radius 1 is 1.77 bits per heavy atom. The molecule has 1 aromatic heterocycles. The number of anilines is 1. The molecule has 1 aromatic rings. The van der Waals surface area contributed by atoms with E-state index in [1.54, 1.807) is 10.9 Å². The summed E-state index contributed by atoms with van der Waals surface area (Å²) in [6.45, 7) is 4.06. The highest BCUT2D eigenvalue weighted by atomic mass is 79.9. The molecule has 72 valence electrons. The van der Waals surface area contributed by atoms with E-state index in [9.17, 15) is 4.79 Å². The van der Waals surface area contributed by atoms with Crippen LogP contribution in [0.1, 0.15) is 19.9 Å². The van der Waals surface area contributed by atoms with Crippen molar-refractivity contribution < 1.29 is 4.79 Å². The summed E-state index contributed by atoms with van der Waals surface area (Å²) in [4.78, 5) is 11.0. The molecule has 1 heterocycles. The fourth-order valence-electron chi connectivity index (χ4n) is 0.879. The van der Waals surface area contributed by atoms with Crippen molar-refractivity contribution in [1.29, 1.82) is 0 Å². The normalized spacial score (nSPS) is 10.5. The van der Waals surface area contributed by atoms with Gasteiger partial charge in [-0.15, -0.1) is 0 Å². The predicted molar refractivity (Wildman–Crippen MR) is 55.0 cm³/mol. The number of nitrogens with zero attached hydrogens (tertiary/aromatic N) is 2. The molecule has 1 rings (SSSR count). The highest BCUT2D eigenvalue weighted by molar-refractivity contribution is 9.09. The van der Waals surface area contributed by atoms with E-state index in [-0.39, 0.29) is 5.91 Å². The minimum atomic E-state index is -0.0664. The zero-order chi connectivity index (χ0) is 9.84. The molecule has 0 aromatic carbocycles. The number of hydrogen-bond acceptors (Lipinski definition) is 2. The molecule has 0 atom stereocenters. The second-order valence-corrected chi connectivity index (χ2v) is 3.55. The molecule has 0 unspecified atom stereocenters. The van der Waals surface area contributed by atoms with Gasteiger partial charge < -0.3 is 5.32 Å². The minimum absolute atomic E-state index is 0.0664. The van der Waals surface area contributed by atoms with Gasteiger partial charge in [-0.2, -0.15) is 5.10 Å². The minimum Gasteiger partial charge on any atom is -0.323 e. The summed E-state index contributed by atoms with van der Waals surface area (Å²) in [6.07, 6.45) is 3.45. The lowest BCUT2D eigenvalue weighted by Crippen LogP contribution is -2.11. The quantitative estimate of drug-likeness (QED) is 0.826. The van der Waals surface area contributed by atoms with Crippen LogP contribution in [0.3, 0.4) is 0 Å². The van der Waals surface area contributed by atoms with E-state index in [0.29, 0.717) is 11.4 Å². The summed E-state index contributed by atoms with van der Waals surface area (Å²) in [5, 5.41) is 7.09. The van der Waals surface area contributed by atoms with Crippen molar-refractivity contribution in [3.05, 3.63) is 12.4 Å². The van der Waals surface area contributed by atoms with Crippen molar-refractivity contribution in [2.24, 2.45) is 0 Å². The third-order valence-electron chi connectivity index (χ3n) is 1.54. The van der Waals surface area contributed by atoms with Crippen LogP contribution in [-0.4, -0.2) is 21.0 Å². The topological polar surface area (TPSA) is 46.9 Å². The molecule has 0 saturated carbocycles. The fourth-order valence-corrected chi connectivity index (χ4v) is 1.02. The SMILES string of the molecule is CC(C)n1cc(NC(=O)CBr)cn1. The second kappa shape index (κ2) is 4.41. The zero-order valence-corrected chi connectivity index (χ0v) is 9.21. The largest absolute Gasteiger partial charge is 0.323 e. The van der Waals surface area contributed by atoms with E-state index in [1.165, 1.54) is 0 Å². The Morgan fingerprint density at radius 3 is 2.92 bits per heavy atom. The molecule has 0 aliphatic rings. The first-order valence-electron chi connectivity index (χ1n) is 4.03. The van der Waals surface area contributed by atoms with E-state index in [2.05, 4.69) is 26.3 Å². The molecule has 0 aliphatic heterocycles. The van der Waals surface area contributed by atoms with Gasteiger partial charge in [-0.1, -0.05) is 15.9 Å². The number of rotatable bonds is 3. The molecular weight excluding hydrogens is 234 g/mol. The van der Waals surface area contributed by atoms with Gasteiger partial charge in [0.15, 0.2) is 0 Å². The molecule has 5 heteroatoms. The first-order valence-corrected chi connectivity index (χ1v) is 5.15. The Labute approximate surface area is 85.4 Å². The highest BCUT2D eigenvalue weighted by Crippen LogP contribution is 2.09. The zero-order valence-electron chi connectivity index (χ0n) is 7.62. The molecule has 0 fully saturated rings. The van der Waals surface area contributed by atoms with Gasteiger partial charge in [0.2, 0.25) is 5.91 Å². The molecule has 0 spiro atoms. The molecule has 0 saturated heterocycles. The Morgan fingerprint density at radius 2 is 2.46 bits per heavy atom. The number of halogens is 1. The number of nitrogens with one attached hydrogen (secondary N) is 1. The second-order valence-electron chi connectivity index (χ2n) is 2.98.